The van der Waals surface area contributed by atoms with Crippen LogP contribution in [0, 0.1) is 17.2 Å². The van der Waals surface area contributed by atoms with Gasteiger partial charge in [-0.15, -0.1) is 0 Å². The highest BCUT2D eigenvalue weighted by Crippen LogP contribution is 2.30. The van der Waals surface area contributed by atoms with Crippen molar-refractivity contribution in [1.29, 1.82) is 5.26 Å². The van der Waals surface area contributed by atoms with Crippen molar-refractivity contribution >= 4 is 23.2 Å². The minimum absolute atomic E-state index is 0.0561. The summed E-state index contributed by atoms with van der Waals surface area (Å²) >= 11 is 11.3. The fraction of sp³-hybridized carbons (Fsp3) is 0.300. The van der Waals surface area contributed by atoms with Crippen LogP contribution in [0.2, 0.25) is 10.0 Å². The highest BCUT2D eigenvalue weighted by atomic mass is 35.5. The molecule has 1 aromatic rings. The van der Waals surface area contributed by atoms with E-state index in [2.05, 4.69) is 0 Å². The van der Waals surface area contributed by atoms with Gasteiger partial charge < -0.3 is 4.74 Å². The Morgan fingerprint density at radius 2 is 2.00 bits per heavy atom. The van der Waals surface area contributed by atoms with Gasteiger partial charge in [-0.1, -0.05) is 23.2 Å². The highest BCUT2D eigenvalue weighted by molar-refractivity contribution is 6.35. The molecule has 1 aromatic carbocycles. The Morgan fingerprint density at radius 3 is 2.47 bits per heavy atom. The number of ether oxygens (including phenoxy) is 1. The van der Waals surface area contributed by atoms with Gasteiger partial charge in [-0.2, -0.15) is 18.4 Å². The molecule has 0 N–H and O–H groups in total. The molecule has 0 aliphatic heterocycles. The second kappa shape index (κ2) is 5.48. The summed E-state index contributed by atoms with van der Waals surface area (Å²) in [7, 11) is 0. The molecule has 0 saturated carbocycles. The van der Waals surface area contributed by atoms with Crippen molar-refractivity contribution in [2.45, 2.75) is 6.18 Å². The van der Waals surface area contributed by atoms with E-state index in [1.165, 1.54) is 18.2 Å². The maximum absolute atomic E-state index is 12.2. The summed E-state index contributed by atoms with van der Waals surface area (Å²) < 4.78 is 41.5. The fourth-order valence-corrected chi connectivity index (χ4v) is 1.43. The first kappa shape index (κ1) is 13.9. The normalized spacial score (nSPS) is 12.9. The van der Waals surface area contributed by atoms with E-state index < -0.39 is 18.7 Å². The monoisotopic (exact) mass is 283 g/mol. The van der Waals surface area contributed by atoms with Crippen molar-refractivity contribution in [3.05, 3.63) is 28.2 Å². The van der Waals surface area contributed by atoms with Gasteiger partial charge in [-0.3, -0.25) is 0 Å². The lowest BCUT2D eigenvalue weighted by Crippen LogP contribution is -2.27. The Balaban J connectivity index is 2.71. The van der Waals surface area contributed by atoms with Crippen molar-refractivity contribution in [3.63, 3.8) is 0 Å². The van der Waals surface area contributed by atoms with Gasteiger partial charge in [0, 0.05) is 5.02 Å². The van der Waals surface area contributed by atoms with Crippen LogP contribution >= 0.6 is 23.2 Å². The van der Waals surface area contributed by atoms with Gasteiger partial charge in [0.15, 0.2) is 5.92 Å². The third-order valence-corrected chi connectivity index (χ3v) is 2.38. The Hall–Kier alpha value is -1.12. The SMILES string of the molecule is N#CC(COc1ccc(Cl)cc1Cl)C(F)(F)F. The average molecular weight is 284 g/mol. The third kappa shape index (κ3) is 3.99. The first-order valence-corrected chi connectivity index (χ1v) is 5.14. The van der Waals surface area contributed by atoms with E-state index in [1.807, 2.05) is 0 Å². The number of alkyl halides is 3. The molecule has 0 spiro atoms. The zero-order chi connectivity index (χ0) is 13.1. The molecule has 1 rings (SSSR count). The summed E-state index contributed by atoms with van der Waals surface area (Å²) in [6, 6.07) is 5.24. The van der Waals surface area contributed by atoms with Gasteiger partial charge in [0.1, 0.15) is 12.4 Å². The Labute approximate surface area is 106 Å². The highest BCUT2D eigenvalue weighted by Gasteiger charge is 2.40. The zero-order valence-electron chi connectivity index (χ0n) is 8.26. The minimum Gasteiger partial charge on any atom is -0.490 e. The van der Waals surface area contributed by atoms with E-state index in [0.29, 0.717) is 5.02 Å². The van der Waals surface area contributed by atoms with Crippen molar-refractivity contribution in [3.8, 4) is 11.8 Å². The summed E-state index contributed by atoms with van der Waals surface area (Å²) in [5.41, 5.74) is 0. The van der Waals surface area contributed by atoms with E-state index in [4.69, 9.17) is 33.2 Å². The average Bonchev–Trinajstić information content (AvgIpc) is 2.19. The summed E-state index contributed by atoms with van der Waals surface area (Å²) in [6.45, 7) is -0.804. The van der Waals surface area contributed by atoms with Crippen LogP contribution in [0.5, 0.6) is 5.75 Å². The number of nitriles is 1. The molecule has 17 heavy (non-hydrogen) atoms. The van der Waals surface area contributed by atoms with Crippen molar-refractivity contribution in [2.24, 2.45) is 5.92 Å². The molecule has 0 radical (unpaired) electrons. The molecule has 1 unspecified atom stereocenters. The molecule has 0 aromatic heterocycles. The molecule has 0 aliphatic carbocycles. The molecule has 7 heteroatoms. The predicted octanol–water partition coefficient (Wildman–Crippen LogP) is 4.07. The predicted molar refractivity (Wildman–Crippen MR) is 57.1 cm³/mol. The van der Waals surface area contributed by atoms with Gasteiger partial charge in [0.2, 0.25) is 0 Å². The summed E-state index contributed by atoms with van der Waals surface area (Å²) in [6.07, 6.45) is -4.62. The van der Waals surface area contributed by atoms with Crippen LogP contribution < -0.4 is 4.74 Å². The molecule has 0 bridgehead atoms. The van der Waals surface area contributed by atoms with Crippen LogP contribution in [-0.4, -0.2) is 12.8 Å². The molecule has 0 aliphatic rings. The van der Waals surface area contributed by atoms with Crippen LogP contribution in [-0.2, 0) is 0 Å². The number of rotatable bonds is 3. The molecule has 0 heterocycles. The van der Waals surface area contributed by atoms with E-state index in [9.17, 15) is 13.2 Å². The van der Waals surface area contributed by atoms with Crippen LogP contribution in [0.25, 0.3) is 0 Å². The lowest BCUT2D eigenvalue weighted by Gasteiger charge is -2.14. The summed E-state index contributed by atoms with van der Waals surface area (Å²) in [5.74, 6) is -2.13. The molecule has 0 fully saturated rings. The van der Waals surface area contributed by atoms with Gasteiger partial charge >= 0.3 is 6.18 Å². The van der Waals surface area contributed by atoms with E-state index in [-0.39, 0.29) is 10.8 Å². The number of halogens is 5. The molecular weight excluding hydrogens is 278 g/mol. The molecule has 0 saturated heterocycles. The van der Waals surface area contributed by atoms with E-state index >= 15 is 0 Å². The Kier molecular flexibility index (Phi) is 4.49. The molecule has 92 valence electrons. The molecule has 2 nitrogen and oxygen atoms in total. The third-order valence-electron chi connectivity index (χ3n) is 1.85. The first-order chi connectivity index (χ1) is 7.84. The second-order valence-electron chi connectivity index (χ2n) is 3.11. The van der Waals surface area contributed by atoms with Crippen LogP contribution in [0.3, 0.4) is 0 Å². The topological polar surface area (TPSA) is 33.0 Å². The number of nitrogens with zero attached hydrogens (tertiary/aromatic N) is 1. The van der Waals surface area contributed by atoms with Gasteiger partial charge in [-0.25, -0.2) is 0 Å². The number of hydrogen-bond donors (Lipinski definition) is 0. The van der Waals surface area contributed by atoms with Crippen molar-refractivity contribution in [1.82, 2.24) is 0 Å². The lowest BCUT2D eigenvalue weighted by atomic mass is 10.2. The lowest BCUT2D eigenvalue weighted by molar-refractivity contribution is -0.165. The quantitative estimate of drug-likeness (QED) is 0.838. The maximum atomic E-state index is 12.2. The van der Waals surface area contributed by atoms with Crippen LogP contribution in [0.4, 0.5) is 13.2 Å². The van der Waals surface area contributed by atoms with Gasteiger partial charge in [0.05, 0.1) is 11.1 Å². The smallest absolute Gasteiger partial charge is 0.407 e. The maximum Gasteiger partial charge on any atom is 0.407 e. The Morgan fingerprint density at radius 1 is 1.35 bits per heavy atom. The minimum atomic E-state index is -4.62. The number of benzene rings is 1. The second-order valence-corrected chi connectivity index (χ2v) is 3.95. The largest absolute Gasteiger partial charge is 0.490 e. The van der Waals surface area contributed by atoms with Gasteiger partial charge in [0.25, 0.3) is 0 Å². The van der Waals surface area contributed by atoms with E-state index in [0.717, 1.165) is 6.07 Å². The number of hydrogen-bond acceptors (Lipinski definition) is 2. The van der Waals surface area contributed by atoms with Crippen LogP contribution in [0.1, 0.15) is 0 Å². The molecule has 1 atom stereocenters. The summed E-state index contributed by atoms with van der Waals surface area (Å²) in [4.78, 5) is 0. The molecule has 0 amide bonds. The van der Waals surface area contributed by atoms with E-state index in [1.54, 1.807) is 0 Å². The van der Waals surface area contributed by atoms with Gasteiger partial charge in [-0.05, 0) is 18.2 Å². The summed E-state index contributed by atoms with van der Waals surface area (Å²) in [5, 5.41) is 8.79. The van der Waals surface area contributed by atoms with Crippen LogP contribution in [0.15, 0.2) is 18.2 Å². The van der Waals surface area contributed by atoms with Crippen molar-refractivity contribution in [2.75, 3.05) is 6.61 Å². The Bertz CT molecular complexity index is 442. The first-order valence-electron chi connectivity index (χ1n) is 4.38. The zero-order valence-corrected chi connectivity index (χ0v) is 9.77. The van der Waals surface area contributed by atoms with Crippen molar-refractivity contribution < 1.29 is 17.9 Å². The fourth-order valence-electron chi connectivity index (χ4n) is 0.970. The standard InChI is InChI=1S/C10H6Cl2F3NO/c11-7-1-2-9(8(12)3-7)17-5-6(4-16)10(13,14)15/h1-3,6H,5H2. The molecular formula is C10H6Cl2F3NO.